The van der Waals surface area contributed by atoms with Gasteiger partial charge in [0.25, 0.3) is 0 Å². The molecular formula is C19H26N2O. The Morgan fingerprint density at radius 3 is 2.41 bits per heavy atom. The topological polar surface area (TPSA) is 49.5 Å². The van der Waals surface area contributed by atoms with E-state index in [1.807, 2.05) is 37.4 Å². The van der Waals surface area contributed by atoms with Crippen LogP contribution in [0.3, 0.4) is 0 Å². The number of nitrogens with two attached hydrogens (primary N) is 1. The molecule has 3 nitrogen and oxygen atoms in total. The standard InChI is InChI=1S/C19H26N2O/c1-15-7-6-10-17(11-15)13-21(2)14-19(22)18(20)12-16-8-4-3-5-9-16/h3-11,18-19,22H,12-14,20H2,1-2H3/t18-,19+/m0/s1. The van der Waals surface area contributed by atoms with Gasteiger partial charge in [0.15, 0.2) is 0 Å². The second-order valence-corrected chi connectivity index (χ2v) is 6.11. The molecule has 0 amide bonds. The van der Waals surface area contributed by atoms with Gasteiger partial charge < -0.3 is 10.8 Å². The summed E-state index contributed by atoms with van der Waals surface area (Å²) in [7, 11) is 2.01. The van der Waals surface area contributed by atoms with Gasteiger partial charge in [-0.25, -0.2) is 0 Å². The van der Waals surface area contributed by atoms with Gasteiger partial charge in [0.05, 0.1) is 6.10 Å². The van der Waals surface area contributed by atoms with Gasteiger partial charge in [-0.15, -0.1) is 0 Å². The Bertz CT molecular complexity index is 571. The van der Waals surface area contributed by atoms with Crippen molar-refractivity contribution in [3.8, 4) is 0 Å². The molecule has 3 N–H and O–H groups in total. The number of aryl methyl sites for hydroxylation is 1. The SMILES string of the molecule is Cc1cccc(CN(C)C[C@@H](O)[C@@H](N)Cc2ccccc2)c1. The van der Waals surface area contributed by atoms with Crippen molar-refractivity contribution in [1.29, 1.82) is 0 Å². The number of aliphatic hydroxyl groups excluding tert-OH is 1. The molecule has 3 heteroatoms. The molecule has 0 aromatic heterocycles. The molecule has 0 unspecified atom stereocenters. The van der Waals surface area contributed by atoms with Crippen LogP contribution >= 0.6 is 0 Å². The zero-order valence-electron chi connectivity index (χ0n) is 13.4. The summed E-state index contributed by atoms with van der Waals surface area (Å²) in [4.78, 5) is 2.12. The average Bonchev–Trinajstić information content (AvgIpc) is 2.48. The lowest BCUT2D eigenvalue weighted by Crippen LogP contribution is -2.43. The third kappa shape index (κ3) is 5.26. The van der Waals surface area contributed by atoms with E-state index in [2.05, 4.69) is 36.1 Å². The van der Waals surface area contributed by atoms with Crippen molar-refractivity contribution in [3.63, 3.8) is 0 Å². The summed E-state index contributed by atoms with van der Waals surface area (Å²) in [6, 6.07) is 18.3. The first-order chi connectivity index (χ1) is 10.5. The summed E-state index contributed by atoms with van der Waals surface area (Å²) in [5.74, 6) is 0. The molecule has 0 aliphatic carbocycles. The van der Waals surface area contributed by atoms with Crippen molar-refractivity contribution in [1.82, 2.24) is 4.90 Å². The van der Waals surface area contributed by atoms with E-state index in [1.165, 1.54) is 11.1 Å². The van der Waals surface area contributed by atoms with E-state index in [-0.39, 0.29) is 6.04 Å². The number of hydrogen-bond donors (Lipinski definition) is 2. The maximum absolute atomic E-state index is 10.3. The minimum absolute atomic E-state index is 0.248. The quantitative estimate of drug-likeness (QED) is 0.825. The highest BCUT2D eigenvalue weighted by molar-refractivity contribution is 5.22. The fraction of sp³-hybridized carbons (Fsp3) is 0.368. The summed E-state index contributed by atoms with van der Waals surface area (Å²) in [5, 5.41) is 10.3. The van der Waals surface area contributed by atoms with E-state index in [1.54, 1.807) is 0 Å². The van der Waals surface area contributed by atoms with E-state index in [9.17, 15) is 5.11 Å². The van der Waals surface area contributed by atoms with Crippen LogP contribution < -0.4 is 5.73 Å². The minimum Gasteiger partial charge on any atom is -0.390 e. The number of likely N-dealkylation sites (N-methyl/N-ethyl adjacent to an activating group) is 1. The number of hydrogen-bond acceptors (Lipinski definition) is 3. The van der Waals surface area contributed by atoms with E-state index < -0.39 is 6.10 Å². The molecule has 22 heavy (non-hydrogen) atoms. The summed E-state index contributed by atoms with van der Waals surface area (Å²) < 4.78 is 0. The second-order valence-electron chi connectivity index (χ2n) is 6.11. The van der Waals surface area contributed by atoms with Crippen LogP contribution in [0.25, 0.3) is 0 Å². The highest BCUT2D eigenvalue weighted by Gasteiger charge is 2.17. The van der Waals surface area contributed by atoms with Gasteiger partial charge in [0.1, 0.15) is 0 Å². The van der Waals surface area contributed by atoms with Crippen LogP contribution in [0.5, 0.6) is 0 Å². The predicted molar refractivity (Wildman–Crippen MR) is 91.6 cm³/mol. The van der Waals surface area contributed by atoms with Crippen LogP contribution in [0.2, 0.25) is 0 Å². The van der Waals surface area contributed by atoms with Crippen molar-refractivity contribution in [2.45, 2.75) is 32.0 Å². The van der Waals surface area contributed by atoms with Gasteiger partial charge in [-0.05, 0) is 31.5 Å². The average molecular weight is 298 g/mol. The van der Waals surface area contributed by atoms with Gasteiger partial charge in [-0.2, -0.15) is 0 Å². The lowest BCUT2D eigenvalue weighted by Gasteiger charge is -2.25. The fourth-order valence-corrected chi connectivity index (χ4v) is 2.66. The first kappa shape index (κ1) is 16.7. The van der Waals surface area contributed by atoms with Crippen LogP contribution in [0, 0.1) is 6.92 Å². The largest absolute Gasteiger partial charge is 0.390 e. The highest BCUT2D eigenvalue weighted by Crippen LogP contribution is 2.09. The predicted octanol–water partition coefficient (Wildman–Crippen LogP) is 2.36. The van der Waals surface area contributed by atoms with Crippen molar-refractivity contribution in [2.75, 3.05) is 13.6 Å². The number of nitrogens with zero attached hydrogens (tertiary/aromatic N) is 1. The van der Waals surface area contributed by atoms with E-state index in [0.29, 0.717) is 13.0 Å². The minimum atomic E-state index is -0.532. The van der Waals surface area contributed by atoms with Crippen molar-refractivity contribution in [3.05, 3.63) is 71.3 Å². The van der Waals surface area contributed by atoms with Crippen LogP contribution in [0.15, 0.2) is 54.6 Å². The summed E-state index contributed by atoms with van der Waals surface area (Å²) in [5.41, 5.74) is 9.81. The molecule has 2 aromatic carbocycles. The Labute approximate surface area is 133 Å². The lowest BCUT2D eigenvalue weighted by atomic mass is 10.0. The smallest absolute Gasteiger partial charge is 0.0820 e. The molecule has 0 heterocycles. The molecule has 0 fully saturated rings. The van der Waals surface area contributed by atoms with Gasteiger partial charge in [0.2, 0.25) is 0 Å². The van der Waals surface area contributed by atoms with Gasteiger partial charge in [-0.1, -0.05) is 60.2 Å². The third-order valence-electron chi connectivity index (χ3n) is 3.84. The van der Waals surface area contributed by atoms with Crippen LogP contribution in [0.1, 0.15) is 16.7 Å². The summed E-state index contributed by atoms with van der Waals surface area (Å²) in [6.07, 6.45) is 0.162. The monoisotopic (exact) mass is 298 g/mol. The number of rotatable bonds is 7. The molecule has 0 saturated heterocycles. The van der Waals surface area contributed by atoms with Crippen LogP contribution in [0.4, 0.5) is 0 Å². The molecule has 0 saturated carbocycles. The molecule has 0 spiro atoms. The second kappa shape index (κ2) is 8.08. The molecule has 0 bridgehead atoms. The van der Waals surface area contributed by atoms with Gasteiger partial charge in [-0.3, -0.25) is 4.90 Å². The zero-order valence-corrected chi connectivity index (χ0v) is 13.4. The lowest BCUT2D eigenvalue weighted by molar-refractivity contribution is 0.0992. The van der Waals surface area contributed by atoms with Crippen molar-refractivity contribution in [2.24, 2.45) is 5.73 Å². The summed E-state index contributed by atoms with van der Waals surface area (Å²) >= 11 is 0. The Morgan fingerprint density at radius 2 is 1.73 bits per heavy atom. The molecular weight excluding hydrogens is 272 g/mol. The van der Waals surface area contributed by atoms with Crippen molar-refractivity contribution >= 4 is 0 Å². The maximum atomic E-state index is 10.3. The molecule has 0 aliphatic rings. The zero-order chi connectivity index (χ0) is 15.9. The Hall–Kier alpha value is -1.68. The first-order valence-electron chi connectivity index (χ1n) is 7.76. The number of benzene rings is 2. The summed E-state index contributed by atoms with van der Waals surface area (Å²) in [6.45, 7) is 3.48. The molecule has 0 aliphatic heterocycles. The van der Waals surface area contributed by atoms with Gasteiger partial charge in [0, 0.05) is 19.1 Å². The van der Waals surface area contributed by atoms with E-state index in [4.69, 9.17) is 5.73 Å². The van der Waals surface area contributed by atoms with Gasteiger partial charge >= 0.3 is 0 Å². The number of aliphatic hydroxyl groups is 1. The third-order valence-corrected chi connectivity index (χ3v) is 3.84. The fourth-order valence-electron chi connectivity index (χ4n) is 2.66. The molecule has 0 radical (unpaired) electrons. The van der Waals surface area contributed by atoms with E-state index >= 15 is 0 Å². The van der Waals surface area contributed by atoms with Crippen LogP contribution in [-0.2, 0) is 13.0 Å². The maximum Gasteiger partial charge on any atom is 0.0820 e. The van der Waals surface area contributed by atoms with Crippen LogP contribution in [-0.4, -0.2) is 35.7 Å². The molecule has 2 atom stereocenters. The Kier molecular flexibility index (Phi) is 6.13. The van der Waals surface area contributed by atoms with Crippen molar-refractivity contribution < 1.29 is 5.11 Å². The van der Waals surface area contributed by atoms with E-state index in [0.717, 1.165) is 12.1 Å². The normalized spacial score (nSPS) is 14.0. The highest BCUT2D eigenvalue weighted by atomic mass is 16.3. The molecule has 2 aromatic rings. The Balaban J connectivity index is 1.83. The molecule has 2 rings (SSSR count). The molecule has 118 valence electrons. The first-order valence-corrected chi connectivity index (χ1v) is 7.76. The Morgan fingerprint density at radius 1 is 1.05 bits per heavy atom.